The first-order chi connectivity index (χ1) is 7.67. The van der Waals surface area contributed by atoms with E-state index in [-0.39, 0.29) is 0 Å². The van der Waals surface area contributed by atoms with Gasteiger partial charge in [-0.1, -0.05) is 20.3 Å². The first-order valence-electron chi connectivity index (χ1n) is 5.65. The lowest BCUT2D eigenvalue weighted by atomic mass is 10.1. The maximum Gasteiger partial charge on any atom is 0.150 e. The molecule has 0 aliphatic rings. The number of rotatable bonds is 3. The van der Waals surface area contributed by atoms with Gasteiger partial charge in [-0.2, -0.15) is 0 Å². The van der Waals surface area contributed by atoms with Crippen molar-refractivity contribution < 1.29 is 8.78 Å². The van der Waals surface area contributed by atoms with Crippen molar-refractivity contribution >= 4 is 10.9 Å². The predicted molar refractivity (Wildman–Crippen MR) is 61.6 cm³/mol. The van der Waals surface area contributed by atoms with Gasteiger partial charge in [-0.05, 0) is 24.5 Å². The standard InChI is InChI=1S/C13H15F2N/c1-3-5-12-9(4-2)10-6-8(14)7-11(15)13(10)16-12/h6-7,16H,3-5H2,1-2H3. The Labute approximate surface area is 93.5 Å². The highest BCUT2D eigenvalue weighted by molar-refractivity contribution is 5.85. The Morgan fingerprint density at radius 1 is 1.19 bits per heavy atom. The predicted octanol–water partition coefficient (Wildman–Crippen LogP) is 3.96. The van der Waals surface area contributed by atoms with E-state index < -0.39 is 11.6 Å². The van der Waals surface area contributed by atoms with Crippen LogP contribution in [0.25, 0.3) is 10.9 Å². The van der Waals surface area contributed by atoms with Crippen LogP contribution in [0.5, 0.6) is 0 Å². The summed E-state index contributed by atoms with van der Waals surface area (Å²) in [5.41, 5.74) is 2.50. The second-order valence-corrected chi connectivity index (χ2v) is 4.00. The van der Waals surface area contributed by atoms with E-state index >= 15 is 0 Å². The Balaban J connectivity index is 2.71. The van der Waals surface area contributed by atoms with Crippen LogP contribution in [0.15, 0.2) is 12.1 Å². The number of halogens is 2. The molecule has 0 atom stereocenters. The first kappa shape index (κ1) is 11.1. The minimum absolute atomic E-state index is 0.432. The molecule has 3 heteroatoms. The molecular weight excluding hydrogens is 208 g/mol. The minimum Gasteiger partial charge on any atom is -0.356 e. The van der Waals surface area contributed by atoms with E-state index in [4.69, 9.17) is 0 Å². The van der Waals surface area contributed by atoms with Crippen molar-refractivity contribution in [3.05, 3.63) is 35.0 Å². The summed E-state index contributed by atoms with van der Waals surface area (Å²) in [6.45, 7) is 4.08. The third kappa shape index (κ3) is 1.70. The highest BCUT2D eigenvalue weighted by atomic mass is 19.1. The average Bonchev–Trinajstić information content (AvgIpc) is 2.56. The van der Waals surface area contributed by atoms with Crippen molar-refractivity contribution in [1.82, 2.24) is 4.98 Å². The number of nitrogens with one attached hydrogen (secondary N) is 1. The van der Waals surface area contributed by atoms with Crippen LogP contribution in [-0.2, 0) is 12.8 Å². The van der Waals surface area contributed by atoms with E-state index in [9.17, 15) is 8.78 Å². The van der Waals surface area contributed by atoms with Gasteiger partial charge in [0.25, 0.3) is 0 Å². The highest BCUT2D eigenvalue weighted by Crippen LogP contribution is 2.27. The average molecular weight is 223 g/mol. The van der Waals surface area contributed by atoms with Crippen LogP contribution < -0.4 is 0 Å². The summed E-state index contributed by atoms with van der Waals surface area (Å²) in [6, 6.07) is 2.33. The van der Waals surface area contributed by atoms with Gasteiger partial charge < -0.3 is 4.98 Å². The molecule has 2 aromatic rings. The molecule has 0 spiro atoms. The molecule has 0 bridgehead atoms. The molecule has 86 valence electrons. The second-order valence-electron chi connectivity index (χ2n) is 4.00. The first-order valence-corrected chi connectivity index (χ1v) is 5.65. The van der Waals surface area contributed by atoms with Crippen LogP contribution in [-0.4, -0.2) is 4.98 Å². The molecule has 2 rings (SSSR count). The lowest BCUT2D eigenvalue weighted by Crippen LogP contribution is -1.89. The van der Waals surface area contributed by atoms with E-state index in [2.05, 4.69) is 11.9 Å². The van der Waals surface area contributed by atoms with Crippen molar-refractivity contribution in [3.8, 4) is 0 Å². The van der Waals surface area contributed by atoms with Gasteiger partial charge in [0.1, 0.15) is 11.6 Å². The number of aryl methyl sites for hydroxylation is 2. The van der Waals surface area contributed by atoms with Crippen LogP contribution in [0.4, 0.5) is 8.78 Å². The molecule has 0 fully saturated rings. The van der Waals surface area contributed by atoms with Gasteiger partial charge in [-0.15, -0.1) is 0 Å². The number of hydrogen-bond donors (Lipinski definition) is 1. The van der Waals surface area contributed by atoms with Crippen LogP contribution in [0.1, 0.15) is 31.5 Å². The van der Waals surface area contributed by atoms with E-state index in [0.29, 0.717) is 10.9 Å². The second kappa shape index (κ2) is 4.24. The molecule has 0 unspecified atom stereocenters. The Hall–Kier alpha value is -1.38. The molecule has 1 aromatic heterocycles. The van der Waals surface area contributed by atoms with Gasteiger partial charge >= 0.3 is 0 Å². The van der Waals surface area contributed by atoms with E-state index in [0.717, 1.165) is 36.6 Å². The summed E-state index contributed by atoms with van der Waals surface area (Å²) in [7, 11) is 0. The van der Waals surface area contributed by atoms with Gasteiger partial charge in [0.2, 0.25) is 0 Å². The monoisotopic (exact) mass is 223 g/mol. The summed E-state index contributed by atoms with van der Waals surface area (Å²) < 4.78 is 26.7. The van der Waals surface area contributed by atoms with Gasteiger partial charge in [-0.3, -0.25) is 0 Å². The highest BCUT2D eigenvalue weighted by Gasteiger charge is 2.13. The van der Waals surface area contributed by atoms with E-state index in [1.165, 1.54) is 6.07 Å². The SMILES string of the molecule is CCCc1[nH]c2c(F)cc(F)cc2c1CC. The Kier molecular flexibility index (Phi) is 2.95. The summed E-state index contributed by atoms with van der Waals surface area (Å²) in [4.78, 5) is 3.07. The molecule has 1 N–H and O–H groups in total. The molecule has 0 aliphatic carbocycles. The molecule has 16 heavy (non-hydrogen) atoms. The maximum absolute atomic E-state index is 13.5. The van der Waals surface area contributed by atoms with Gasteiger partial charge in [0.15, 0.2) is 0 Å². The van der Waals surface area contributed by atoms with Crippen molar-refractivity contribution in [2.24, 2.45) is 0 Å². The molecule has 0 saturated heterocycles. The zero-order chi connectivity index (χ0) is 11.7. The molecule has 1 nitrogen and oxygen atoms in total. The summed E-state index contributed by atoms with van der Waals surface area (Å²) in [6.07, 6.45) is 2.65. The summed E-state index contributed by atoms with van der Waals surface area (Å²) >= 11 is 0. The molecule has 1 aromatic carbocycles. The van der Waals surface area contributed by atoms with Gasteiger partial charge in [-0.25, -0.2) is 8.78 Å². The fourth-order valence-electron chi connectivity index (χ4n) is 2.19. The van der Waals surface area contributed by atoms with Crippen molar-refractivity contribution in [1.29, 1.82) is 0 Å². The molecule has 0 radical (unpaired) electrons. The van der Waals surface area contributed by atoms with E-state index in [1.807, 2.05) is 6.92 Å². The fraction of sp³-hybridized carbons (Fsp3) is 0.385. The number of benzene rings is 1. The van der Waals surface area contributed by atoms with Gasteiger partial charge in [0.05, 0.1) is 5.52 Å². The number of hydrogen-bond acceptors (Lipinski definition) is 0. The third-order valence-electron chi connectivity index (χ3n) is 2.87. The van der Waals surface area contributed by atoms with Crippen molar-refractivity contribution in [2.75, 3.05) is 0 Å². The lowest BCUT2D eigenvalue weighted by molar-refractivity contribution is 0.590. The van der Waals surface area contributed by atoms with Crippen LogP contribution in [0, 0.1) is 11.6 Å². The van der Waals surface area contributed by atoms with Gasteiger partial charge in [0, 0.05) is 17.1 Å². The zero-order valence-electron chi connectivity index (χ0n) is 9.53. The summed E-state index contributed by atoms with van der Waals surface area (Å²) in [5, 5.41) is 0.684. The molecular formula is C13H15F2N. The Morgan fingerprint density at radius 2 is 1.94 bits per heavy atom. The smallest absolute Gasteiger partial charge is 0.150 e. The summed E-state index contributed by atoms with van der Waals surface area (Å²) in [5.74, 6) is -1.02. The molecule has 1 heterocycles. The Bertz CT molecular complexity index is 514. The zero-order valence-corrected chi connectivity index (χ0v) is 9.53. The maximum atomic E-state index is 13.5. The fourth-order valence-corrected chi connectivity index (χ4v) is 2.19. The lowest BCUT2D eigenvalue weighted by Gasteiger charge is -1.99. The molecule has 0 aliphatic heterocycles. The number of aromatic nitrogens is 1. The minimum atomic E-state index is -0.512. The number of H-pyrrole nitrogens is 1. The largest absolute Gasteiger partial charge is 0.356 e. The third-order valence-corrected chi connectivity index (χ3v) is 2.87. The van der Waals surface area contributed by atoms with Crippen LogP contribution in [0.3, 0.4) is 0 Å². The van der Waals surface area contributed by atoms with E-state index in [1.54, 1.807) is 0 Å². The topological polar surface area (TPSA) is 15.8 Å². The normalized spacial score (nSPS) is 11.2. The van der Waals surface area contributed by atoms with Crippen LogP contribution in [0.2, 0.25) is 0 Å². The van der Waals surface area contributed by atoms with Crippen LogP contribution >= 0.6 is 0 Å². The molecule has 0 saturated carbocycles. The molecule has 0 amide bonds. The Morgan fingerprint density at radius 3 is 2.56 bits per heavy atom. The number of aromatic amines is 1. The van der Waals surface area contributed by atoms with Crippen molar-refractivity contribution in [2.45, 2.75) is 33.1 Å². The number of fused-ring (bicyclic) bond motifs is 1. The van der Waals surface area contributed by atoms with Crippen molar-refractivity contribution in [3.63, 3.8) is 0 Å². The quantitative estimate of drug-likeness (QED) is 0.810.